The van der Waals surface area contributed by atoms with Crippen LogP contribution in [-0.2, 0) is 18.4 Å². The summed E-state index contributed by atoms with van der Waals surface area (Å²) >= 11 is 0. The van der Waals surface area contributed by atoms with E-state index in [2.05, 4.69) is 31.3 Å². The molecule has 5 N–H and O–H groups in total. The van der Waals surface area contributed by atoms with Crippen LogP contribution in [0.5, 0.6) is 0 Å². The predicted molar refractivity (Wildman–Crippen MR) is 221 cm³/mol. The third-order valence-electron chi connectivity index (χ3n) is 9.77. The maximum Gasteiger partial charge on any atom is 0.472 e. The second-order valence-corrected chi connectivity index (χ2v) is 16.4. The van der Waals surface area contributed by atoms with Gasteiger partial charge in [0.2, 0.25) is 5.91 Å². The molecule has 0 saturated heterocycles. The van der Waals surface area contributed by atoms with Gasteiger partial charge in [-0.1, -0.05) is 186 Å². The highest BCUT2D eigenvalue weighted by atomic mass is 31.2. The summed E-state index contributed by atoms with van der Waals surface area (Å²) in [7, 11) is -4.34. The minimum absolute atomic E-state index is 0.0781. The highest BCUT2D eigenvalue weighted by molar-refractivity contribution is 7.47. The maximum absolute atomic E-state index is 12.7. The molecule has 3 unspecified atom stereocenters. The van der Waals surface area contributed by atoms with Crippen LogP contribution in [0.15, 0.2) is 24.3 Å². The Bertz CT molecular complexity index is 871. The van der Waals surface area contributed by atoms with Gasteiger partial charge in [-0.25, -0.2) is 4.57 Å². The zero-order chi connectivity index (χ0) is 38.2. The second kappa shape index (κ2) is 39.7. The fourth-order valence-corrected chi connectivity index (χ4v) is 7.18. The van der Waals surface area contributed by atoms with Crippen LogP contribution >= 0.6 is 7.82 Å². The fourth-order valence-electron chi connectivity index (χ4n) is 6.42. The number of hydrogen-bond donors (Lipinski definition) is 4. The predicted octanol–water partition coefficient (Wildman–Crippen LogP) is 12.2. The number of nitrogens with one attached hydrogen (secondary N) is 1. The quantitative estimate of drug-likeness (QED) is 0.0277. The third-order valence-corrected chi connectivity index (χ3v) is 10.8. The number of carbonyl (C=O) groups excluding carboxylic acids is 1. The minimum atomic E-state index is -4.34. The van der Waals surface area contributed by atoms with E-state index in [1.54, 1.807) is 6.08 Å². The van der Waals surface area contributed by atoms with Crippen molar-refractivity contribution in [3.63, 3.8) is 0 Å². The molecule has 0 bridgehead atoms. The van der Waals surface area contributed by atoms with E-state index in [9.17, 15) is 19.4 Å². The lowest BCUT2D eigenvalue weighted by Gasteiger charge is -2.23. The van der Waals surface area contributed by atoms with Crippen LogP contribution in [-0.4, -0.2) is 47.8 Å². The topological polar surface area (TPSA) is 131 Å². The van der Waals surface area contributed by atoms with Gasteiger partial charge in [0.15, 0.2) is 0 Å². The maximum atomic E-state index is 12.7. The molecule has 52 heavy (non-hydrogen) atoms. The summed E-state index contributed by atoms with van der Waals surface area (Å²) in [5.74, 6) is -0.201. The van der Waals surface area contributed by atoms with Crippen molar-refractivity contribution in [1.29, 1.82) is 0 Å². The number of amides is 1. The van der Waals surface area contributed by atoms with Crippen LogP contribution in [0.25, 0.3) is 0 Å². The lowest BCUT2D eigenvalue weighted by Crippen LogP contribution is -2.45. The Balaban J connectivity index is 4.22. The van der Waals surface area contributed by atoms with Gasteiger partial charge in [0, 0.05) is 13.0 Å². The molecule has 8 nitrogen and oxygen atoms in total. The summed E-state index contributed by atoms with van der Waals surface area (Å²) in [4.78, 5) is 22.7. The zero-order valence-electron chi connectivity index (χ0n) is 34.1. The highest BCUT2D eigenvalue weighted by Gasteiger charge is 2.26. The van der Waals surface area contributed by atoms with E-state index in [0.29, 0.717) is 6.42 Å². The van der Waals surface area contributed by atoms with E-state index < -0.39 is 20.0 Å². The van der Waals surface area contributed by atoms with Crippen molar-refractivity contribution in [2.24, 2.45) is 5.73 Å². The average molecular weight is 757 g/mol. The molecule has 0 radical (unpaired) electrons. The van der Waals surface area contributed by atoms with Crippen molar-refractivity contribution < 1.29 is 28.4 Å². The van der Waals surface area contributed by atoms with Crippen LogP contribution in [0.2, 0.25) is 0 Å². The Morgan fingerprint density at radius 1 is 0.615 bits per heavy atom. The number of carbonyl (C=O) groups is 1. The molecular weight excluding hydrogens is 671 g/mol. The number of hydrogen-bond acceptors (Lipinski definition) is 6. The van der Waals surface area contributed by atoms with Gasteiger partial charge < -0.3 is 21.1 Å². The molecule has 0 rings (SSSR count). The van der Waals surface area contributed by atoms with Crippen molar-refractivity contribution >= 4 is 13.7 Å². The summed E-state index contributed by atoms with van der Waals surface area (Å²) in [5, 5.41) is 13.7. The minimum Gasteiger partial charge on any atom is -0.387 e. The van der Waals surface area contributed by atoms with Crippen LogP contribution in [0, 0.1) is 0 Å². The Morgan fingerprint density at radius 2 is 1.00 bits per heavy atom. The first-order valence-corrected chi connectivity index (χ1v) is 23.5. The molecule has 0 aromatic carbocycles. The molecule has 0 fully saturated rings. The molecule has 9 heteroatoms. The first-order chi connectivity index (χ1) is 25.4. The van der Waals surface area contributed by atoms with E-state index in [-0.39, 0.29) is 25.7 Å². The van der Waals surface area contributed by atoms with Gasteiger partial charge in [0.25, 0.3) is 0 Å². The van der Waals surface area contributed by atoms with E-state index in [1.165, 1.54) is 141 Å². The Hall–Kier alpha value is -1.02. The number of unbranched alkanes of at least 4 members (excludes halogenated alkanes) is 27. The molecule has 3 atom stereocenters. The van der Waals surface area contributed by atoms with Crippen LogP contribution in [0.1, 0.15) is 213 Å². The molecule has 0 spiro atoms. The first-order valence-electron chi connectivity index (χ1n) is 22.0. The molecule has 0 saturated carbocycles. The van der Waals surface area contributed by atoms with Crippen molar-refractivity contribution in [3.8, 4) is 0 Å². The monoisotopic (exact) mass is 757 g/mol. The van der Waals surface area contributed by atoms with Gasteiger partial charge in [-0.3, -0.25) is 13.8 Å². The van der Waals surface area contributed by atoms with E-state index in [0.717, 1.165) is 51.4 Å². The molecule has 0 aliphatic heterocycles. The smallest absolute Gasteiger partial charge is 0.387 e. The van der Waals surface area contributed by atoms with E-state index >= 15 is 0 Å². The molecule has 0 aromatic rings. The number of allylic oxidation sites excluding steroid dienone is 3. The molecule has 0 aliphatic carbocycles. The van der Waals surface area contributed by atoms with Gasteiger partial charge in [0.05, 0.1) is 25.4 Å². The Morgan fingerprint density at radius 3 is 1.42 bits per heavy atom. The van der Waals surface area contributed by atoms with Gasteiger partial charge >= 0.3 is 7.82 Å². The number of phosphoric acid groups is 1. The van der Waals surface area contributed by atoms with Gasteiger partial charge in [-0.05, 0) is 44.9 Å². The van der Waals surface area contributed by atoms with Crippen LogP contribution in [0.3, 0.4) is 0 Å². The largest absolute Gasteiger partial charge is 0.472 e. The summed E-state index contributed by atoms with van der Waals surface area (Å²) < 4.78 is 22.1. The number of aliphatic hydroxyl groups is 1. The number of aliphatic hydroxyl groups excluding tert-OH is 1. The highest BCUT2D eigenvalue weighted by Crippen LogP contribution is 2.43. The lowest BCUT2D eigenvalue weighted by atomic mass is 10.0. The van der Waals surface area contributed by atoms with Crippen molar-refractivity contribution in [2.45, 2.75) is 225 Å². The van der Waals surface area contributed by atoms with E-state index in [1.807, 2.05) is 6.08 Å². The van der Waals surface area contributed by atoms with Crippen LogP contribution in [0.4, 0.5) is 0 Å². The number of nitrogens with two attached hydrogens (primary N) is 1. The second-order valence-electron chi connectivity index (χ2n) is 14.9. The first kappa shape index (κ1) is 51.0. The summed E-state index contributed by atoms with van der Waals surface area (Å²) in [6, 6.07) is -0.861. The van der Waals surface area contributed by atoms with E-state index in [4.69, 9.17) is 14.8 Å². The SMILES string of the molecule is CCCCCCCCC/C=C\CCCCCCCC(=O)NC(COP(=O)(O)OCCN)C(O)/C=C/CCCCCCCCCCCCCCCCC. The van der Waals surface area contributed by atoms with Crippen molar-refractivity contribution in [2.75, 3.05) is 19.8 Å². The molecule has 0 heterocycles. The lowest BCUT2D eigenvalue weighted by molar-refractivity contribution is -0.123. The molecule has 308 valence electrons. The van der Waals surface area contributed by atoms with Crippen molar-refractivity contribution in [3.05, 3.63) is 24.3 Å². The average Bonchev–Trinajstić information content (AvgIpc) is 3.13. The van der Waals surface area contributed by atoms with Gasteiger partial charge in [-0.2, -0.15) is 0 Å². The Labute approximate surface area is 321 Å². The van der Waals surface area contributed by atoms with Crippen LogP contribution < -0.4 is 11.1 Å². The summed E-state index contributed by atoms with van der Waals surface area (Å²) in [6.45, 7) is 4.14. The number of rotatable bonds is 41. The van der Waals surface area contributed by atoms with Gasteiger partial charge in [-0.15, -0.1) is 0 Å². The summed E-state index contributed by atoms with van der Waals surface area (Å²) in [5.41, 5.74) is 5.37. The fraction of sp³-hybridized carbons (Fsp3) is 0.884. The molecule has 0 aromatic heterocycles. The molecule has 1 amide bonds. The summed E-state index contributed by atoms with van der Waals surface area (Å²) in [6.07, 6.45) is 45.1. The Kier molecular flexibility index (Phi) is 38.9. The third kappa shape index (κ3) is 37.3. The molecular formula is C43H85N2O6P. The van der Waals surface area contributed by atoms with Crippen molar-refractivity contribution in [1.82, 2.24) is 5.32 Å². The number of phosphoric ester groups is 1. The standard InChI is InChI=1S/C43H85N2O6P/c1-3-5-7-9-11-13-15-17-19-21-22-24-26-28-30-32-34-36-42(46)41(40-51-52(48,49)50-39-38-44)45-43(47)37-35-33-31-29-27-25-23-20-18-16-14-12-10-8-6-4-2/h20,23,34,36,41-42,46H,3-19,21-22,24-33,35,37-40,44H2,1-2H3,(H,45,47)(H,48,49)/b23-20-,36-34+. The van der Waals surface area contributed by atoms with Gasteiger partial charge in [0.1, 0.15) is 0 Å². The normalized spacial score (nSPS) is 14.3. The zero-order valence-corrected chi connectivity index (χ0v) is 35.0. The molecule has 0 aliphatic rings.